The molecule has 4 aromatic rings. The third-order valence-electron chi connectivity index (χ3n) is 7.18. The number of anilines is 2. The van der Waals surface area contributed by atoms with Gasteiger partial charge in [-0.1, -0.05) is 12.1 Å². The van der Waals surface area contributed by atoms with Gasteiger partial charge in [0, 0.05) is 0 Å². The van der Waals surface area contributed by atoms with E-state index in [1.165, 1.54) is 12.1 Å². The van der Waals surface area contributed by atoms with E-state index < -0.39 is 126 Å². The Kier molecular flexibility index (Phi) is 21.7. The summed E-state index contributed by atoms with van der Waals surface area (Å²) in [6.45, 7) is -1.92. The first-order valence-electron chi connectivity index (χ1n) is 15.4. The molecule has 5 N–H and O–H groups in total. The molecule has 0 aliphatic carbocycles. The van der Waals surface area contributed by atoms with Crippen molar-refractivity contribution in [1.82, 2.24) is 0 Å². The summed E-state index contributed by atoms with van der Waals surface area (Å²) in [6.07, 6.45) is 0. The zero-order valence-corrected chi connectivity index (χ0v) is 42.2. The second-order valence-corrected chi connectivity index (χ2v) is 18.8. The molecule has 62 heavy (non-hydrogen) atoms. The van der Waals surface area contributed by atoms with E-state index in [9.17, 15) is 65.6 Å². The molecule has 0 saturated carbocycles. The first-order valence-corrected chi connectivity index (χ1v) is 22.8. The van der Waals surface area contributed by atoms with Crippen molar-refractivity contribution >= 4 is 102 Å². The van der Waals surface area contributed by atoms with Crippen LogP contribution in [-0.2, 0) is 59.0 Å². The molecule has 0 atom stereocenters. The number of azo groups is 3. The number of carbonyl (C=O) groups is 1. The third-order valence-corrected chi connectivity index (χ3v) is 12.4. The summed E-state index contributed by atoms with van der Waals surface area (Å²) in [4.78, 5) is 11.1. The quantitative estimate of drug-likeness (QED) is 0.0275. The minimum absolute atomic E-state index is 0. The van der Waals surface area contributed by atoms with Crippen LogP contribution in [0.2, 0.25) is 0 Å². The summed E-state index contributed by atoms with van der Waals surface area (Å²) < 4.78 is 157. The van der Waals surface area contributed by atoms with Crippen LogP contribution < -0.4 is 100 Å². The van der Waals surface area contributed by atoms with Gasteiger partial charge >= 0.3 is 94.6 Å². The second-order valence-electron chi connectivity index (χ2n) is 11.2. The fourth-order valence-electron chi connectivity index (χ4n) is 4.51. The average Bonchev–Trinajstić information content (AvgIpc) is 3.12. The van der Waals surface area contributed by atoms with Crippen LogP contribution in [0.4, 0.5) is 45.5 Å². The molecule has 0 spiro atoms. The minimum Gasteiger partial charge on any atom is -0.744 e. The maximum Gasteiger partial charge on any atom is 1.00 e. The Bertz CT molecular complexity index is 2940. The monoisotopic (exact) mass is 986 g/mol. The Labute approximate surface area is 419 Å². The molecule has 0 aromatic heterocycles. The molecular weight excluding hydrogens is 962 g/mol. The Morgan fingerprint density at radius 2 is 0.919 bits per heavy atom. The molecule has 33 heteroatoms. The zero-order valence-electron chi connectivity index (χ0n) is 32.1. The molecule has 0 radical (unpaired) electrons. The number of nitrogens with zero attached hydrogens (tertiary/aromatic N) is 6. The van der Waals surface area contributed by atoms with E-state index in [1.54, 1.807) is 0 Å². The van der Waals surface area contributed by atoms with Gasteiger partial charge < -0.3 is 30.2 Å². The number of rotatable bonds is 18. The number of benzene rings is 4. The van der Waals surface area contributed by atoms with Gasteiger partial charge in [0.1, 0.15) is 38.4 Å². The second kappa shape index (κ2) is 23.5. The van der Waals surface area contributed by atoms with Crippen molar-refractivity contribution < 1.29 is 163 Å². The van der Waals surface area contributed by atoms with Crippen LogP contribution in [0, 0.1) is 0 Å². The Morgan fingerprint density at radius 3 is 1.29 bits per heavy atom. The number of carboxylic acids is 1. The van der Waals surface area contributed by atoms with E-state index in [1.807, 2.05) is 0 Å². The molecule has 0 saturated heterocycles. The van der Waals surface area contributed by atoms with Gasteiger partial charge in [0.25, 0.3) is 0 Å². The van der Waals surface area contributed by atoms with Crippen LogP contribution in [0.5, 0.6) is 0 Å². The number of sulfone groups is 2. The van der Waals surface area contributed by atoms with Crippen LogP contribution in [-0.4, -0.2) is 91.5 Å². The summed E-state index contributed by atoms with van der Waals surface area (Å²) in [6, 6.07) is 13.0. The average molecular weight is 987 g/mol. The Morgan fingerprint density at radius 1 is 0.548 bits per heavy atom. The van der Waals surface area contributed by atoms with Crippen molar-refractivity contribution in [3.8, 4) is 0 Å². The van der Waals surface area contributed by atoms with E-state index in [0.717, 1.165) is 60.7 Å². The fourth-order valence-corrected chi connectivity index (χ4v) is 8.08. The molecule has 0 heterocycles. The molecule has 0 aliphatic heterocycles. The van der Waals surface area contributed by atoms with Gasteiger partial charge in [-0.25, -0.2) is 46.9 Å². The molecule has 0 unspecified atom stereocenters. The Hall–Kier alpha value is -2.70. The van der Waals surface area contributed by atoms with Crippen molar-refractivity contribution in [3.05, 3.63) is 78.4 Å². The summed E-state index contributed by atoms with van der Waals surface area (Å²) in [5.74, 6) is -3.57. The molecule has 316 valence electrons. The molecule has 0 fully saturated rings. The van der Waals surface area contributed by atoms with Crippen LogP contribution in [0.3, 0.4) is 0 Å². The predicted molar refractivity (Wildman–Crippen MR) is 197 cm³/mol. The molecule has 4 rings (SSSR count). The first kappa shape index (κ1) is 57.3. The summed E-state index contributed by atoms with van der Waals surface area (Å²) >= 11 is 0. The zero-order chi connectivity index (χ0) is 44.0. The van der Waals surface area contributed by atoms with Crippen molar-refractivity contribution in [1.29, 1.82) is 0 Å². The van der Waals surface area contributed by atoms with Crippen LogP contribution in [0.1, 0.15) is 10.4 Å². The molecular formula is C29H25N8Na3O17S5. The van der Waals surface area contributed by atoms with Gasteiger partial charge in [0.05, 0.1) is 62.2 Å². The maximum atomic E-state index is 12.7. The Balaban J connectivity index is 0.00000641. The first-order chi connectivity index (χ1) is 27.3. The van der Waals surface area contributed by atoms with Gasteiger partial charge in [-0.3, -0.25) is 8.37 Å². The van der Waals surface area contributed by atoms with Gasteiger partial charge in [-0.15, -0.1) is 20.5 Å². The number of nitrogens with two attached hydrogens (primary N) is 2. The molecule has 0 aliphatic rings. The summed E-state index contributed by atoms with van der Waals surface area (Å²) in [5.41, 5.74) is 7.70. The third kappa shape index (κ3) is 16.4. The largest absolute Gasteiger partial charge is 1.00 e. The number of nitrogen functional groups attached to an aromatic ring is 2. The maximum absolute atomic E-state index is 12.7. The molecule has 4 aromatic carbocycles. The number of hydrogen-bond acceptors (Lipinski definition) is 24. The number of aromatic carboxylic acids is 1. The minimum atomic E-state index is -5.16. The van der Waals surface area contributed by atoms with Gasteiger partial charge in [0.2, 0.25) is 20.8 Å². The smallest absolute Gasteiger partial charge is 0.744 e. The van der Waals surface area contributed by atoms with Crippen molar-refractivity contribution in [2.24, 2.45) is 30.7 Å². The van der Waals surface area contributed by atoms with Crippen molar-refractivity contribution in [2.75, 3.05) is 36.2 Å². The van der Waals surface area contributed by atoms with E-state index in [2.05, 4.69) is 39.1 Å². The van der Waals surface area contributed by atoms with Crippen LogP contribution in [0.15, 0.2) is 118 Å². The molecule has 0 bridgehead atoms. The van der Waals surface area contributed by atoms with Gasteiger partial charge in [-0.05, 0) is 60.7 Å². The van der Waals surface area contributed by atoms with E-state index in [0.29, 0.717) is 0 Å². The number of carboxylic acid groups (broad SMARTS) is 1. The van der Waals surface area contributed by atoms with E-state index >= 15 is 0 Å². The molecule has 0 amide bonds. The molecule has 25 nitrogen and oxygen atoms in total. The topological polar surface area (TPSA) is 422 Å². The van der Waals surface area contributed by atoms with E-state index in [-0.39, 0.29) is 110 Å². The van der Waals surface area contributed by atoms with Gasteiger partial charge in [0.15, 0.2) is 19.7 Å². The number of hydrogen-bond donors (Lipinski definition) is 3. The van der Waals surface area contributed by atoms with Gasteiger partial charge in [-0.2, -0.15) is 10.2 Å². The van der Waals surface area contributed by atoms with E-state index in [4.69, 9.17) is 11.5 Å². The fraction of sp³-hybridized carbons (Fsp3) is 0.138. The standard InChI is InChI=1S/C29H28N8O17S5.3Na/c30-24-26(35-32-17-5-9-19(10-6-17)55(40,41)15-13-53-58(47,48)49)23(29(38)39)27(36-34-21-3-1-2-4-22(21)57(44,45)46)25(31)28(24)37-33-18-7-11-20(12-8-18)56(42,43)16-14-54-59(50,51)52;;;/h1-12H,13-16,30-31H2,(H,38,39)(H,44,45,46)(H,47,48,49)(H,50,51,52);;;/q;3*+1/p-3. The normalized spacial score (nSPS) is 12.5. The SMILES string of the molecule is Nc1c(N=Nc2ccc(S(=O)(=O)CCOS(=O)(=O)[O-])cc2)c(N)c(N=Nc2ccccc2S(=O)(=O)[O-])c(C(=O)O)c1N=Nc1ccc(S(=O)(=O)CCOS(=O)(=O)[O-])cc1.[Na+].[Na+].[Na+]. The van der Waals surface area contributed by atoms with Crippen LogP contribution in [0.25, 0.3) is 0 Å². The predicted octanol–water partition coefficient (Wildman–Crippen LogP) is -5.79. The van der Waals surface area contributed by atoms with Crippen molar-refractivity contribution in [3.63, 3.8) is 0 Å². The summed E-state index contributed by atoms with van der Waals surface area (Å²) in [5, 5.41) is 33.4. The van der Waals surface area contributed by atoms with Crippen molar-refractivity contribution in [2.45, 2.75) is 14.7 Å². The summed E-state index contributed by atoms with van der Waals surface area (Å²) in [7, 11) is -23.8. The van der Waals surface area contributed by atoms with Crippen LogP contribution >= 0.6 is 0 Å².